The summed E-state index contributed by atoms with van der Waals surface area (Å²) in [4.78, 5) is 6.97. The maximum atomic E-state index is 3.49. The average molecular weight is 399 g/mol. The fraction of sp³-hybridized carbons (Fsp3) is 0.100. The molecule has 0 spiro atoms. The molecule has 4 aromatic rings. The topological polar surface area (TPSA) is 31.6 Å². The predicted molar refractivity (Wildman–Crippen MR) is 97.1 cm³/mol. The molecule has 5 rings (SSSR count). The number of allylic oxidation sites excluding steroid dienone is 2. The molecule has 2 nitrogen and oxygen atoms in total. The molecule has 2 aromatic carbocycles. The third-order valence-corrected chi connectivity index (χ3v) is 10.6. The molecule has 0 amide bonds. The number of aromatic nitrogens is 2. The number of hydrogen-bond donors (Lipinski definition) is 2. The van der Waals surface area contributed by atoms with Crippen molar-refractivity contribution in [3.8, 4) is 0 Å². The first-order valence-electron chi connectivity index (χ1n) is 8.04. The number of para-hydroxylation sites is 2. The van der Waals surface area contributed by atoms with E-state index in [1.807, 2.05) is 0 Å². The first-order chi connectivity index (χ1) is 11.4. The van der Waals surface area contributed by atoms with Crippen LogP contribution < -0.4 is 0 Å². The van der Waals surface area contributed by atoms with Gasteiger partial charge in [-0.25, -0.2) is 0 Å². The van der Waals surface area contributed by atoms with Crippen LogP contribution in [0.2, 0.25) is 4.18 Å². The van der Waals surface area contributed by atoms with Crippen LogP contribution in [-0.4, -0.2) is 32.9 Å². The fourth-order valence-corrected chi connectivity index (χ4v) is 9.18. The van der Waals surface area contributed by atoms with E-state index in [1.54, 1.807) is 0 Å². The van der Waals surface area contributed by atoms with E-state index in [1.165, 1.54) is 37.1 Å². The Bertz CT molecular complexity index is 964. The first-order valence-corrected chi connectivity index (χ1v) is 12.0. The molecule has 109 valence electrons. The summed E-state index contributed by atoms with van der Waals surface area (Å²) in [6.45, 7) is 0. The van der Waals surface area contributed by atoms with Gasteiger partial charge in [-0.2, -0.15) is 0 Å². The Morgan fingerprint density at radius 2 is 1.35 bits per heavy atom. The number of fused-ring (bicyclic) bond motifs is 2. The summed E-state index contributed by atoms with van der Waals surface area (Å²) < 4.78 is 1.46. The Morgan fingerprint density at radius 1 is 0.783 bits per heavy atom. The molecular formula is C20H16InN2. The van der Waals surface area contributed by atoms with E-state index in [2.05, 4.69) is 83.0 Å². The van der Waals surface area contributed by atoms with E-state index in [4.69, 9.17) is 0 Å². The molecule has 1 aliphatic rings. The predicted octanol–water partition coefficient (Wildman–Crippen LogP) is 4.59. The molecule has 1 radical (unpaired) electrons. The molecule has 0 saturated heterocycles. The van der Waals surface area contributed by atoms with E-state index in [0.717, 1.165) is 0 Å². The summed E-state index contributed by atoms with van der Waals surface area (Å²) in [5.41, 5.74) is 5.41. The average Bonchev–Trinajstić information content (AvgIpc) is 3.32. The van der Waals surface area contributed by atoms with Gasteiger partial charge in [-0.15, -0.1) is 0 Å². The molecule has 1 aliphatic heterocycles. The van der Waals surface area contributed by atoms with Crippen LogP contribution in [-0.2, 0) is 3.17 Å². The summed E-state index contributed by atoms with van der Waals surface area (Å²) in [5.74, 6) is 0. The number of benzene rings is 2. The Hall–Kier alpha value is -1.87. The SMILES string of the molecule is C1=C[C](c2c[nH]c3ccccc23)(c2c[nH]c3ccccc23)[In][CH2]1. The van der Waals surface area contributed by atoms with Crippen molar-refractivity contribution in [1.82, 2.24) is 9.97 Å². The van der Waals surface area contributed by atoms with Crippen molar-refractivity contribution in [2.45, 2.75) is 7.35 Å². The third-order valence-electron chi connectivity index (χ3n) is 5.03. The number of H-pyrrole nitrogens is 2. The molecule has 0 bridgehead atoms. The van der Waals surface area contributed by atoms with Gasteiger partial charge in [0.25, 0.3) is 0 Å². The summed E-state index contributed by atoms with van der Waals surface area (Å²) in [6, 6.07) is 17.4. The molecule has 0 saturated carbocycles. The monoisotopic (exact) mass is 399 g/mol. The fourth-order valence-electron chi connectivity index (χ4n) is 3.95. The second-order valence-corrected chi connectivity index (χ2v) is 11.3. The van der Waals surface area contributed by atoms with E-state index < -0.39 is 22.9 Å². The third kappa shape index (κ3) is 1.89. The molecule has 0 unspecified atom stereocenters. The van der Waals surface area contributed by atoms with Crippen LogP contribution in [0.3, 0.4) is 0 Å². The number of rotatable bonds is 2. The molecule has 23 heavy (non-hydrogen) atoms. The molecule has 0 aliphatic carbocycles. The van der Waals surface area contributed by atoms with Crippen molar-refractivity contribution in [3.05, 3.63) is 84.2 Å². The second kappa shape index (κ2) is 5.07. The van der Waals surface area contributed by atoms with Crippen LogP contribution >= 0.6 is 0 Å². The Balaban J connectivity index is 1.84. The van der Waals surface area contributed by atoms with Gasteiger partial charge in [0.2, 0.25) is 0 Å². The van der Waals surface area contributed by atoms with Gasteiger partial charge in [-0.05, 0) is 0 Å². The van der Waals surface area contributed by atoms with E-state index in [0.29, 0.717) is 0 Å². The molecule has 3 heterocycles. The van der Waals surface area contributed by atoms with E-state index in [-0.39, 0.29) is 3.17 Å². The van der Waals surface area contributed by atoms with Crippen LogP contribution in [0.25, 0.3) is 21.8 Å². The standard InChI is InChI=1S/C20H16N2.In/c1-2-7-14(17-12-21-19-10-5-3-8-15(17)19)18-13-22-20-11-6-4-9-16(18)20;/h2-13,21-22H,1H2;. The van der Waals surface area contributed by atoms with Crippen molar-refractivity contribution < 1.29 is 0 Å². The molecule has 2 N–H and O–H groups in total. The van der Waals surface area contributed by atoms with Gasteiger partial charge in [-0.1, -0.05) is 0 Å². The van der Waals surface area contributed by atoms with Gasteiger partial charge in [0, 0.05) is 0 Å². The molecule has 0 fully saturated rings. The van der Waals surface area contributed by atoms with Crippen LogP contribution in [0.1, 0.15) is 11.1 Å². The molecule has 0 atom stereocenters. The Labute approximate surface area is 146 Å². The molecular weight excluding hydrogens is 383 g/mol. The maximum absolute atomic E-state index is 3.49. The van der Waals surface area contributed by atoms with Crippen molar-refractivity contribution in [3.63, 3.8) is 0 Å². The van der Waals surface area contributed by atoms with E-state index >= 15 is 0 Å². The second-order valence-electron chi connectivity index (χ2n) is 6.21. The van der Waals surface area contributed by atoms with Crippen LogP contribution in [0.4, 0.5) is 0 Å². The van der Waals surface area contributed by atoms with Crippen molar-refractivity contribution >= 4 is 44.7 Å². The van der Waals surface area contributed by atoms with Crippen LogP contribution in [0, 0.1) is 0 Å². The summed E-state index contributed by atoms with van der Waals surface area (Å²) in [6.07, 6.45) is 9.38. The van der Waals surface area contributed by atoms with Gasteiger partial charge in [0.15, 0.2) is 0 Å². The quantitative estimate of drug-likeness (QED) is 0.463. The minimum absolute atomic E-state index is 0.148. The number of aromatic amines is 2. The van der Waals surface area contributed by atoms with Crippen molar-refractivity contribution in [1.29, 1.82) is 0 Å². The zero-order chi connectivity index (χ0) is 15.3. The van der Waals surface area contributed by atoms with Crippen molar-refractivity contribution in [2.75, 3.05) is 0 Å². The number of hydrogen-bond acceptors (Lipinski definition) is 0. The minimum atomic E-state index is -0.844. The van der Waals surface area contributed by atoms with Gasteiger partial charge < -0.3 is 0 Å². The number of nitrogens with one attached hydrogen (secondary N) is 2. The Morgan fingerprint density at radius 3 is 1.87 bits per heavy atom. The summed E-state index contributed by atoms with van der Waals surface area (Å²) in [7, 11) is 0. The Kier molecular flexibility index (Phi) is 2.99. The summed E-state index contributed by atoms with van der Waals surface area (Å²) >= 11 is -0.844. The molecule has 3 heteroatoms. The van der Waals surface area contributed by atoms with Gasteiger partial charge in [0.05, 0.1) is 0 Å². The van der Waals surface area contributed by atoms with Crippen molar-refractivity contribution in [2.24, 2.45) is 0 Å². The van der Waals surface area contributed by atoms with E-state index in [9.17, 15) is 0 Å². The normalized spacial score (nSPS) is 16.2. The zero-order valence-corrected chi connectivity index (χ0v) is 16.0. The van der Waals surface area contributed by atoms with Gasteiger partial charge in [-0.3, -0.25) is 0 Å². The molecule has 2 aromatic heterocycles. The van der Waals surface area contributed by atoms with Gasteiger partial charge >= 0.3 is 146 Å². The van der Waals surface area contributed by atoms with Crippen LogP contribution in [0.15, 0.2) is 73.1 Å². The zero-order valence-electron chi connectivity index (χ0n) is 12.7. The summed E-state index contributed by atoms with van der Waals surface area (Å²) in [5, 5.41) is 2.74. The van der Waals surface area contributed by atoms with Gasteiger partial charge in [0.1, 0.15) is 0 Å². The first kappa shape index (κ1) is 13.6. The van der Waals surface area contributed by atoms with Crippen LogP contribution in [0.5, 0.6) is 0 Å².